The van der Waals surface area contributed by atoms with Crippen molar-refractivity contribution in [1.29, 1.82) is 0 Å². The van der Waals surface area contributed by atoms with Crippen LogP contribution in [0.2, 0.25) is 0 Å². The summed E-state index contributed by atoms with van der Waals surface area (Å²) in [6, 6.07) is 9.39. The second kappa shape index (κ2) is 6.90. The lowest BCUT2D eigenvalue weighted by atomic mass is 9.64. The molecular formula is C21H26O3. The Balaban J connectivity index is 2.77. The molecule has 1 aliphatic rings. The molecule has 0 spiro atoms. The molecule has 3 nitrogen and oxygen atoms in total. The fourth-order valence-electron chi connectivity index (χ4n) is 3.93. The van der Waals surface area contributed by atoms with Crippen LogP contribution < -0.4 is 0 Å². The Morgan fingerprint density at radius 2 is 1.96 bits per heavy atom. The summed E-state index contributed by atoms with van der Waals surface area (Å²) < 4.78 is 5.77. The molecular weight excluding hydrogens is 300 g/mol. The van der Waals surface area contributed by atoms with Gasteiger partial charge in [-0.05, 0) is 36.5 Å². The summed E-state index contributed by atoms with van der Waals surface area (Å²) >= 11 is 0. The van der Waals surface area contributed by atoms with Gasteiger partial charge in [0.1, 0.15) is 5.60 Å². The first-order valence-electron chi connectivity index (χ1n) is 8.38. The summed E-state index contributed by atoms with van der Waals surface area (Å²) in [6.07, 6.45) is 1.35. The SMILES string of the molecule is C=C=C(CC)[C@]1(O)C[C@](OC)(c2ccccc2)C(=O)C(C)=C1CC. The first-order chi connectivity index (χ1) is 11.4. The zero-order valence-electron chi connectivity index (χ0n) is 15.0. The van der Waals surface area contributed by atoms with Gasteiger partial charge < -0.3 is 9.84 Å². The van der Waals surface area contributed by atoms with Gasteiger partial charge in [-0.1, -0.05) is 50.8 Å². The minimum absolute atomic E-state index is 0.0859. The molecule has 0 radical (unpaired) electrons. The fraction of sp³-hybridized carbons (Fsp3) is 0.429. The highest BCUT2D eigenvalue weighted by Gasteiger charge is 2.54. The van der Waals surface area contributed by atoms with E-state index in [0.717, 1.165) is 11.1 Å². The monoisotopic (exact) mass is 326 g/mol. The van der Waals surface area contributed by atoms with E-state index in [1.54, 1.807) is 6.92 Å². The van der Waals surface area contributed by atoms with E-state index in [1.165, 1.54) is 7.11 Å². The van der Waals surface area contributed by atoms with Crippen LogP contribution >= 0.6 is 0 Å². The number of benzene rings is 1. The standard InChI is InChI=1S/C21H26O3/c1-6-16(7-2)20(23)14-21(24-5,17-12-10-9-11-13-17)19(22)15(4)18(20)8-3/h9-13,23H,1,7-8,14H2,2-5H3/t20-,21+/m1/s1. The Bertz CT molecular complexity index is 710. The molecule has 1 aromatic carbocycles. The molecule has 128 valence electrons. The Morgan fingerprint density at radius 3 is 2.42 bits per heavy atom. The molecule has 1 aromatic rings. The summed E-state index contributed by atoms with van der Waals surface area (Å²) in [4.78, 5) is 13.2. The summed E-state index contributed by atoms with van der Waals surface area (Å²) in [7, 11) is 1.53. The third kappa shape index (κ3) is 2.59. The molecule has 3 heteroatoms. The number of aliphatic hydroxyl groups is 1. The van der Waals surface area contributed by atoms with E-state index < -0.39 is 11.2 Å². The predicted octanol–water partition coefficient (Wildman–Crippen LogP) is 4.08. The van der Waals surface area contributed by atoms with Crippen LogP contribution in [-0.4, -0.2) is 23.6 Å². The van der Waals surface area contributed by atoms with Gasteiger partial charge in [-0.15, -0.1) is 5.73 Å². The number of hydrogen-bond acceptors (Lipinski definition) is 3. The van der Waals surface area contributed by atoms with Crippen LogP contribution in [0.3, 0.4) is 0 Å². The molecule has 0 saturated heterocycles. The minimum atomic E-state index is -1.27. The number of ether oxygens (including phenoxy) is 1. The van der Waals surface area contributed by atoms with Crippen LogP contribution in [0, 0.1) is 0 Å². The van der Waals surface area contributed by atoms with Gasteiger partial charge in [0.15, 0.2) is 11.4 Å². The molecule has 0 saturated carbocycles. The molecule has 2 atom stereocenters. The smallest absolute Gasteiger partial charge is 0.195 e. The maximum atomic E-state index is 13.2. The van der Waals surface area contributed by atoms with Gasteiger partial charge in [-0.2, -0.15) is 0 Å². The lowest BCUT2D eigenvalue weighted by molar-refractivity contribution is -0.147. The number of methoxy groups -OCH3 is 1. The van der Waals surface area contributed by atoms with Crippen molar-refractivity contribution in [3.63, 3.8) is 0 Å². The second-order valence-electron chi connectivity index (χ2n) is 6.23. The van der Waals surface area contributed by atoms with Gasteiger partial charge >= 0.3 is 0 Å². The van der Waals surface area contributed by atoms with Crippen molar-refractivity contribution in [2.24, 2.45) is 0 Å². The van der Waals surface area contributed by atoms with Crippen molar-refractivity contribution < 1.29 is 14.6 Å². The highest BCUT2D eigenvalue weighted by molar-refractivity contribution is 6.04. The first-order valence-corrected chi connectivity index (χ1v) is 8.38. The van der Waals surface area contributed by atoms with Crippen molar-refractivity contribution in [1.82, 2.24) is 0 Å². The molecule has 0 aromatic heterocycles. The average Bonchev–Trinajstić information content (AvgIpc) is 2.60. The first kappa shape index (κ1) is 18.4. The predicted molar refractivity (Wildman–Crippen MR) is 95.6 cm³/mol. The molecule has 0 aliphatic heterocycles. The third-order valence-corrected chi connectivity index (χ3v) is 5.17. The Hall–Kier alpha value is -1.93. The lowest BCUT2D eigenvalue weighted by Crippen LogP contribution is -2.52. The Morgan fingerprint density at radius 1 is 1.33 bits per heavy atom. The summed E-state index contributed by atoms with van der Waals surface area (Å²) in [5, 5.41) is 11.6. The van der Waals surface area contributed by atoms with Crippen LogP contribution in [0.15, 0.2) is 59.4 Å². The van der Waals surface area contributed by atoms with Crippen LogP contribution in [-0.2, 0) is 15.1 Å². The molecule has 1 N–H and O–H groups in total. The molecule has 0 heterocycles. The molecule has 0 bridgehead atoms. The fourth-order valence-corrected chi connectivity index (χ4v) is 3.93. The van der Waals surface area contributed by atoms with Gasteiger partial charge in [0.2, 0.25) is 0 Å². The molecule has 24 heavy (non-hydrogen) atoms. The van der Waals surface area contributed by atoms with Crippen LogP contribution in [0.1, 0.15) is 45.6 Å². The average molecular weight is 326 g/mol. The zero-order chi connectivity index (χ0) is 18.0. The maximum absolute atomic E-state index is 13.2. The summed E-state index contributed by atoms with van der Waals surface area (Å²) in [5.74, 6) is -0.0859. The summed E-state index contributed by atoms with van der Waals surface area (Å²) in [6.45, 7) is 9.43. The zero-order valence-corrected chi connectivity index (χ0v) is 15.0. The number of carbonyl (C=O) groups excluding carboxylic acids is 1. The Labute approximate surface area is 144 Å². The van der Waals surface area contributed by atoms with E-state index >= 15 is 0 Å². The topological polar surface area (TPSA) is 46.5 Å². The highest BCUT2D eigenvalue weighted by atomic mass is 16.5. The van der Waals surface area contributed by atoms with E-state index in [1.807, 2.05) is 44.2 Å². The molecule has 0 fully saturated rings. The minimum Gasteiger partial charge on any atom is -0.380 e. The van der Waals surface area contributed by atoms with Gasteiger partial charge in [-0.3, -0.25) is 4.79 Å². The molecule has 0 amide bonds. The normalized spacial score (nSPS) is 27.1. The molecule has 2 rings (SSSR count). The van der Waals surface area contributed by atoms with Crippen molar-refractivity contribution in [3.05, 3.63) is 64.9 Å². The van der Waals surface area contributed by atoms with Gasteiger partial charge in [-0.25, -0.2) is 0 Å². The number of ketones is 1. The van der Waals surface area contributed by atoms with Crippen molar-refractivity contribution in [3.8, 4) is 0 Å². The van der Waals surface area contributed by atoms with Crippen molar-refractivity contribution in [2.75, 3.05) is 7.11 Å². The maximum Gasteiger partial charge on any atom is 0.195 e. The third-order valence-electron chi connectivity index (χ3n) is 5.17. The van der Waals surface area contributed by atoms with Crippen LogP contribution in [0.5, 0.6) is 0 Å². The van der Waals surface area contributed by atoms with E-state index in [-0.39, 0.29) is 12.2 Å². The molecule has 0 unspecified atom stereocenters. The Kier molecular flexibility index (Phi) is 5.29. The lowest BCUT2D eigenvalue weighted by Gasteiger charge is -2.46. The van der Waals surface area contributed by atoms with Crippen molar-refractivity contribution >= 4 is 5.78 Å². The van der Waals surface area contributed by atoms with Crippen molar-refractivity contribution in [2.45, 2.75) is 51.2 Å². The van der Waals surface area contributed by atoms with Gasteiger partial charge in [0.25, 0.3) is 0 Å². The number of hydrogen-bond donors (Lipinski definition) is 1. The molecule has 1 aliphatic carbocycles. The van der Waals surface area contributed by atoms with Gasteiger partial charge in [0.05, 0.1) is 0 Å². The number of rotatable bonds is 5. The largest absolute Gasteiger partial charge is 0.380 e. The number of carbonyl (C=O) groups is 1. The van der Waals surface area contributed by atoms with E-state index in [9.17, 15) is 9.90 Å². The van der Waals surface area contributed by atoms with E-state index in [2.05, 4.69) is 12.3 Å². The van der Waals surface area contributed by atoms with Gasteiger partial charge in [0, 0.05) is 19.1 Å². The quantitative estimate of drug-likeness (QED) is 0.829. The second-order valence-corrected chi connectivity index (χ2v) is 6.23. The summed E-state index contributed by atoms with van der Waals surface area (Å²) in [5.41, 5.74) is 3.18. The van der Waals surface area contributed by atoms with Crippen LogP contribution in [0.4, 0.5) is 0 Å². The number of Topliss-reactive ketones (excluding diaryl/α,β-unsaturated/α-hetero) is 1. The van der Waals surface area contributed by atoms with E-state index in [0.29, 0.717) is 24.0 Å². The van der Waals surface area contributed by atoms with E-state index in [4.69, 9.17) is 4.74 Å². The highest BCUT2D eigenvalue weighted by Crippen LogP contribution is 2.49. The van der Waals surface area contributed by atoms with Crippen LogP contribution in [0.25, 0.3) is 0 Å².